The number of fused-ring (bicyclic) bond motifs is 1. The van der Waals surface area contributed by atoms with Gasteiger partial charge >= 0.3 is 5.97 Å². The van der Waals surface area contributed by atoms with Gasteiger partial charge in [-0.1, -0.05) is 13.0 Å². The number of aliphatic carboxylic acids is 1. The van der Waals surface area contributed by atoms with E-state index in [0.29, 0.717) is 5.92 Å². The molecule has 0 saturated carbocycles. The third-order valence-corrected chi connectivity index (χ3v) is 3.15. The van der Waals surface area contributed by atoms with Crippen molar-refractivity contribution in [3.05, 3.63) is 29.3 Å². The second-order valence-electron chi connectivity index (χ2n) is 4.27. The van der Waals surface area contributed by atoms with Crippen molar-refractivity contribution in [1.29, 1.82) is 0 Å². The van der Waals surface area contributed by atoms with Gasteiger partial charge in [-0.15, -0.1) is 0 Å². The number of aromatic hydroxyl groups is 1. The molecule has 3 heteroatoms. The maximum atomic E-state index is 10.7. The van der Waals surface area contributed by atoms with Gasteiger partial charge in [0.25, 0.3) is 0 Å². The van der Waals surface area contributed by atoms with Gasteiger partial charge in [0.1, 0.15) is 5.75 Å². The Labute approximate surface area is 88.4 Å². The van der Waals surface area contributed by atoms with Crippen LogP contribution in [-0.2, 0) is 11.2 Å². The summed E-state index contributed by atoms with van der Waals surface area (Å²) < 4.78 is 0. The lowest BCUT2D eigenvalue weighted by atomic mass is 9.91. The second kappa shape index (κ2) is 3.57. The van der Waals surface area contributed by atoms with Crippen molar-refractivity contribution in [2.24, 2.45) is 5.92 Å². The first-order valence-corrected chi connectivity index (χ1v) is 5.11. The minimum Gasteiger partial charge on any atom is -0.508 e. The Kier molecular flexibility index (Phi) is 2.39. The number of hydrogen-bond donors (Lipinski definition) is 2. The highest BCUT2D eigenvalue weighted by atomic mass is 16.4. The van der Waals surface area contributed by atoms with Gasteiger partial charge in [-0.3, -0.25) is 4.79 Å². The quantitative estimate of drug-likeness (QED) is 0.779. The third kappa shape index (κ3) is 1.82. The molecule has 1 aromatic rings. The molecule has 2 atom stereocenters. The van der Waals surface area contributed by atoms with Crippen LogP contribution in [0.1, 0.15) is 30.4 Å². The molecule has 2 N–H and O–H groups in total. The van der Waals surface area contributed by atoms with Crippen molar-refractivity contribution in [2.75, 3.05) is 0 Å². The van der Waals surface area contributed by atoms with Crippen LogP contribution in [0.25, 0.3) is 0 Å². The molecule has 0 aliphatic heterocycles. The highest BCUT2D eigenvalue weighted by Crippen LogP contribution is 2.40. The van der Waals surface area contributed by atoms with Crippen LogP contribution < -0.4 is 0 Å². The minimum atomic E-state index is -0.757. The van der Waals surface area contributed by atoms with Gasteiger partial charge in [0.2, 0.25) is 0 Å². The Bertz CT molecular complexity index is 398. The van der Waals surface area contributed by atoms with Crippen LogP contribution in [0.3, 0.4) is 0 Å². The first kappa shape index (κ1) is 10.0. The first-order chi connectivity index (χ1) is 7.08. The van der Waals surface area contributed by atoms with E-state index in [-0.39, 0.29) is 18.1 Å². The summed E-state index contributed by atoms with van der Waals surface area (Å²) in [6, 6.07) is 5.22. The second-order valence-corrected chi connectivity index (χ2v) is 4.27. The number of carboxylic acids is 1. The number of carboxylic acid groups (broad SMARTS) is 1. The predicted molar refractivity (Wildman–Crippen MR) is 56.0 cm³/mol. The van der Waals surface area contributed by atoms with Crippen LogP contribution in [0.5, 0.6) is 5.75 Å². The van der Waals surface area contributed by atoms with Crippen LogP contribution in [0.2, 0.25) is 0 Å². The lowest BCUT2D eigenvalue weighted by molar-refractivity contribution is -0.137. The molecule has 0 radical (unpaired) electrons. The number of hydrogen-bond acceptors (Lipinski definition) is 2. The van der Waals surface area contributed by atoms with E-state index in [4.69, 9.17) is 5.11 Å². The Morgan fingerprint density at radius 1 is 1.53 bits per heavy atom. The molecule has 0 bridgehead atoms. The summed E-state index contributed by atoms with van der Waals surface area (Å²) >= 11 is 0. The van der Waals surface area contributed by atoms with E-state index in [2.05, 4.69) is 6.92 Å². The summed E-state index contributed by atoms with van der Waals surface area (Å²) in [6.07, 6.45) is 1.04. The summed E-state index contributed by atoms with van der Waals surface area (Å²) in [6.45, 7) is 2.06. The molecule has 3 nitrogen and oxygen atoms in total. The number of phenolic OH excluding ortho intramolecular Hbond substituents is 1. The molecule has 1 aliphatic rings. The van der Waals surface area contributed by atoms with Crippen LogP contribution in [0, 0.1) is 5.92 Å². The Morgan fingerprint density at radius 2 is 2.27 bits per heavy atom. The highest BCUT2D eigenvalue weighted by Gasteiger charge is 2.30. The van der Waals surface area contributed by atoms with E-state index in [0.717, 1.165) is 17.5 Å². The number of phenols is 1. The molecular weight excluding hydrogens is 192 g/mol. The molecule has 2 unspecified atom stereocenters. The lowest BCUT2D eigenvalue weighted by Gasteiger charge is -2.13. The molecule has 2 rings (SSSR count). The van der Waals surface area contributed by atoms with Crippen molar-refractivity contribution < 1.29 is 15.0 Å². The predicted octanol–water partition coefficient (Wildman–Crippen LogP) is 2.14. The molecule has 0 fully saturated rings. The molecule has 0 saturated heterocycles. The van der Waals surface area contributed by atoms with E-state index >= 15 is 0 Å². The van der Waals surface area contributed by atoms with E-state index < -0.39 is 5.97 Å². The van der Waals surface area contributed by atoms with Gasteiger partial charge < -0.3 is 10.2 Å². The van der Waals surface area contributed by atoms with Crippen LogP contribution in [0.15, 0.2) is 18.2 Å². The summed E-state index contributed by atoms with van der Waals surface area (Å²) in [7, 11) is 0. The topological polar surface area (TPSA) is 57.5 Å². The fourth-order valence-corrected chi connectivity index (χ4v) is 2.43. The van der Waals surface area contributed by atoms with Gasteiger partial charge in [0.05, 0.1) is 6.42 Å². The Morgan fingerprint density at radius 3 is 2.93 bits per heavy atom. The molecule has 1 aromatic carbocycles. The van der Waals surface area contributed by atoms with Gasteiger partial charge in [-0.05, 0) is 41.5 Å². The molecule has 0 amide bonds. The average molecular weight is 206 g/mol. The molecule has 1 aliphatic carbocycles. The average Bonchev–Trinajstić information content (AvgIpc) is 2.41. The molecule has 80 valence electrons. The number of carbonyl (C=O) groups is 1. The molecular formula is C12H14O3. The summed E-state index contributed by atoms with van der Waals surface area (Å²) in [4.78, 5) is 10.7. The van der Waals surface area contributed by atoms with E-state index in [1.54, 1.807) is 12.1 Å². The molecule has 0 spiro atoms. The van der Waals surface area contributed by atoms with E-state index in [1.807, 2.05) is 6.07 Å². The van der Waals surface area contributed by atoms with Crippen molar-refractivity contribution in [2.45, 2.75) is 25.7 Å². The van der Waals surface area contributed by atoms with Crippen molar-refractivity contribution in [3.8, 4) is 5.75 Å². The van der Waals surface area contributed by atoms with Crippen LogP contribution >= 0.6 is 0 Å². The normalized spacial score (nSPS) is 23.8. The van der Waals surface area contributed by atoms with Crippen molar-refractivity contribution in [1.82, 2.24) is 0 Å². The zero-order chi connectivity index (χ0) is 11.0. The van der Waals surface area contributed by atoms with E-state index in [9.17, 15) is 9.90 Å². The maximum absolute atomic E-state index is 10.7. The molecule has 0 heterocycles. The van der Waals surface area contributed by atoms with Gasteiger partial charge in [0, 0.05) is 0 Å². The summed E-state index contributed by atoms with van der Waals surface area (Å²) in [5.74, 6) is -0.0549. The van der Waals surface area contributed by atoms with Crippen LogP contribution in [-0.4, -0.2) is 16.2 Å². The Hall–Kier alpha value is -1.51. The van der Waals surface area contributed by atoms with Crippen molar-refractivity contribution >= 4 is 5.97 Å². The largest absolute Gasteiger partial charge is 0.508 e. The highest BCUT2D eigenvalue weighted by molar-refractivity contribution is 5.68. The standard InChI is InChI=1S/C12H14O3/c1-7-4-8-5-9(13)2-3-10(8)11(7)6-12(14)15/h2-3,5,7,11,13H,4,6H2,1H3,(H,14,15). The maximum Gasteiger partial charge on any atom is 0.303 e. The zero-order valence-corrected chi connectivity index (χ0v) is 8.60. The van der Waals surface area contributed by atoms with Gasteiger partial charge in [-0.25, -0.2) is 0 Å². The minimum absolute atomic E-state index is 0.0955. The first-order valence-electron chi connectivity index (χ1n) is 5.11. The van der Waals surface area contributed by atoms with Gasteiger partial charge in [-0.2, -0.15) is 0 Å². The smallest absolute Gasteiger partial charge is 0.303 e. The lowest BCUT2D eigenvalue weighted by Crippen LogP contribution is -2.09. The fourth-order valence-electron chi connectivity index (χ4n) is 2.43. The summed E-state index contributed by atoms with van der Waals surface area (Å²) in [5, 5.41) is 18.2. The molecule has 0 aromatic heterocycles. The Balaban J connectivity index is 2.33. The molecule has 15 heavy (non-hydrogen) atoms. The van der Waals surface area contributed by atoms with Crippen molar-refractivity contribution in [3.63, 3.8) is 0 Å². The summed E-state index contributed by atoms with van der Waals surface area (Å²) in [5.41, 5.74) is 2.18. The number of rotatable bonds is 2. The number of benzene rings is 1. The van der Waals surface area contributed by atoms with E-state index in [1.165, 1.54) is 0 Å². The SMILES string of the molecule is CC1Cc2cc(O)ccc2C1CC(=O)O. The van der Waals surface area contributed by atoms with Crippen LogP contribution in [0.4, 0.5) is 0 Å². The van der Waals surface area contributed by atoms with Gasteiger partial charge in [0.15, 0.2) is 0 Å². The zero-order valence-electron chi connectivity index (χ0n) is 8.60. The third-order valence-electron chi connectivity index (χ3n) is 3.15. The monoisotopic (exact) mass is 206 g/mol. The fraction of sp³-hybridized carbons (Fsp3) is 0.417.